The van der Waals surface area contributed by atoms with Gasteiger partial charge < -0.3 is 5.32 Å². The first-order valence-corrected chi connectivity index (χ1v) is 15.8. The fourth-order valence-electron chi connectivity index (χ4n) is 6.02. The van der Waals surface area contributed by atoms with E-state index in [-0.39, 0.29) is 0 Å². The van der Waals surface area contributed by atoms with Crippen LogP contribution in [-0.4, -0.2) is 9.97 Å². The maximum Gasteiger partial charge on any atom is 0.227 e. The number of aromatic nitrogens is 2. The normalized spacial score (nSPS) is 12.9. The lowest BCUT2D eigenvalue weighted by Gasteiger charge is -2.15. The van der Waals surface area contributed by atoms with Crippen molar-refractivity contribution < 1.29 is 0 Å². The molecule has 44 heavy (non-hydrogen) atoms. The van der Waals surface area contributed by atoms with Gasteiger partial charge in [-0.25, -0.2) is 9.97 Å². The Balaban J connectivity index is 1.19. The molecule has 0 spiro atoms. The maximum atomic E-state index is 5.04. The molecule has 0 saturated carbocycles. The zero-order valence-corrected chi connectivity index (χ0v) is 24.9. The summed E-state index contributed by atoms with van der Waals surface area (Å²) in [5, 5.41) is 6.15. The van der Waals surface area contributed by atoms with E-state index in [9.17, 15) is 0 Å². The summed E-state index contributed by atoms with van der Waals surface area (Å²) in [7, 11) is 0. The zero-order chi connectivity index (χ0) is 29.3. The highest BCUT2D eigenvalue weighted by Crippen LogP contribution is 2.40. The smallest absolute Gasteiger partial charge is 0.227 e. The summed E-state index contributed by atoms with van der Waals surface area (Å²) >= 11 is 1.81. The van der Waals surface area contributed by atoms with E-state index in [1.54, 1.807) is 0 Å². The van der Waals surface area contributed by atoms with Crippen LogP contribution in [0.5, 0.6) is 0 Å². The fraction of sp³-hybridized carbons (Fsp3) is 0.0500. The second kappa shape index (κ2) is 11.4. The molecule has 4 heteroatoms. The van der Waals surface area contributed by atoms with Crippen LogP contribution in [0, 0.1) is 0 Å². The SMILES string of the molecule is C1=CC(c2ccc(-c3ccc(-c4ccccc4)cc3Nc3nccc(-c4cccc5c4sc4ccccc45)n3)cc2)=CCC1. The van der Waals surface area contributed by atoms with Crippen LogP contribution in [-0.2, 0) is 0 Å². The number of allylic oxidation sites excluding steroid dienone is 4. The predicted octanol–water partition coefficient (Wildman–Crippen LogP) is 11.3. The first-order chi connectivity index (χ1) is 21.8. The van der Waals surface area contributed by atoms with Crippen molar-refractivity contribution in [1.82, 2.24) is 9.97 Å². The summed E-state index contributed by atoms with van der Waals surface area (Å²) in [4.78, 5) is 9.70. The number of hydrogen-bond acceptors (Lipinski definition) is 4. The van der Waals surface area contributed by atoms with E-state index in [0.29, 0.717) is 5.95 Å². The van der Waals surface area contributed by atoms with Crippen LogP contribution in [0.4, 0.5) is 11.6 Å². The molecule has 210 valence electrons. The van der Waals surface area contributed by atoms with Crippen LogP contribution in [0.25, 0.3) is 59.3 Å². The predicted molar refractivity (Wildman–Crippen MR) is 187 cm³/mol. The number of hydrogen-bond donors (Lipinski definition) is 1. The summed E-state index contributed by atoms with van der Waals surface area (Å²) in [6, 6.07) is 43.0. The second-order valence-electron chi connectivity index (χ2n) is 11.0. The molecule has 2 heterocycles. The third kappa shape index (κ3) is 5.00. The molecular formula is C40H29N3S. The third-order valence-electron chi connectivity index (χ3n) is 8.23. The van der Waals surface area contributed by atoms with Gasteiger partial charge in [0.05, 0.1) is 5.69 Å². The van der Waals surface area contributed by atoms with Crippen molar-refractivity contribution in [2.24, 2.45) is 0 Å². The number of benzene rings is 5. The van der Waals surface area contributed by atoms with E-state index in [0.717, 1.165) is 46.5 Å². The van der Waals surface area contributed by atoms with Crippen LogP contribution in [0.2, 0.25) is 0 Å². The Hall–Kier alpha value is -5.32. The van der Waals surface area contributed by atoms with Gasteiger partial charge in [0.15, 0.2) is 0 Å². The summed E-state index contributed by atoms with van der Waals surface area (Å²) in [5.41, 5.74) is 10.1. The summed E-state index contributed by atoms with van der Waals surface area (Å²) in [5.74, 6) is 0.571. The van der Waals surface area contributed by atoms with Crippen molar-refractivity contribution in [3.63, 3.8) is 0 Å². The van der Waals surface area contributed by atoms with Crippen molar-refractivity contribution in [3.8, 4) is 33.5 Å². The minimum Gasteiger partial charge on any atom is -0.324 e. The molecule has 3 nitrogen and oxygen atoms in total. The van der Waals surface area contributed by atoms with Crippen molar-refractivity contribution in [2.45, 2.75) is 12.8 Å². The summed E-state index contributed by atoms with van der Waals surface area (Å²) in [6.07, 6.45) is 10.9. The minimum absolute atomic E-state index is 0.571. The summed E-state index contributed by atoms with van der Waals surface area (Å²) in [6.45, 7) is 0. The largest absolute Gasteiger partial charge is 0.324 e. The third-order valence-corrected chi connectivity index (χ3v) is 9.45. The fourth-order valence-corrected chi connectivity index (χ4v) is 7.24. The molecular weight excluding hydrogens is 555 g/mol. The first kappa shape index (κ1) is 26.3. The van der Waals surface area contributed by atoms with Crippen LogP contribution in [0.3, 0.4) is 0 Å². The number of rotatable bonds is 6. The molecule has 1 aliphatic rings. The highest BCUT2D eigenvalue weighted by Gasteiger charge is 2.14. The Morgan fingerprint density at radius 2 is 1.41 bits per heavy atom. The molecule has 0 aliphatic heterocycles. The average Bonchev–Trinajstić information content (AvgIpc) is 3.48. The molecule has 0 unspecified atom stereocenters. The van der Waals surface area contributed by atoms with Crippen LogP contribution in [0.1, 0.15) is 18.4 Å². The lowest BCUT2D eigenvalue weighted by Crippen LogP contribution is -2.00. The van der Waals surface area contributed by atoms with Crippen molar-refractivity contribution in [3.05, 3.63) is 151 Å². The molecule has 7 aromatic rings. The van der Waals surface area contributed by atoms with Gasteiger partial charge in [-0.3, -0.25) is 0 Å². The Morgan fingerprint density at radius 3 is 2.27 bits per heavy atom. The van der Waals surface area contributed by atoms with Gasteiger partial charge in [-0.2, -0.15) is 0 Å². The van der Waals surface area contributed by atoms with Crippen molar-refractivity contribution in [1.29, 1.82) is 0 Å². The minimum atomic E-state index is 0.571. The molecule has 0 atom stereocenters. The number of thiophene rings is 1. The average molecular weight is 584 g/mol. The van der Waals surface area contributed by atoms with E-state index in [2.05, 4.69) is 138 Å². The quantitative estimate of drug-likeness (QED) is 0.212. The highest BCUT2D eigenvalue weighted by molar-refractivity contribution is 7.26. The topological polar surface area (TPSA) is 37.8 Å². The zero-order valence-electron chi connectivity index (χ0n) is 24.1. The van der Waals surface area contributed by atoms with Crippen LogP contribution < -0.4 is 5.32 Å². The van der Waals surface area contributed by atoms with Gasteiger partial charge in [0.25, 0.3) is 0 Å². The number of nitrogens with one attached hydrogen (secondary N) is 1. The van der Waals surface area contributed by atoms with Crippen molar-refractivity contribution >= 4 is 48.7 Å². The van der Waals surface area contributed by atoms with E-state index in [1.165, 1.54) is 36.9 Å². The lowest BCUT2D eigenvalue weighted by atomic mass is 9.95. The van der Waals surface area contributed by atoms with Gasteiger partial charge in [-0.05, 0) is 58.9 Å². The molecule has 0 amide bonds. The van der Waals surface area contributed by atoms with Crippen LogP contribution >= 0.6 is 11.3 Å². The molecule has 0 fully saturated rings. The molecule has 1 N–H and O–H groups in total. The van der Waals surface area contributed by atoms with E-state index < -0.39 is 0 Å². The molecule has 0 radical (unpaired) electrons. The Kier molecular flexibility index (Phi) is 6.82. The maximum absolute atomic E-state index is 5.04. The van der Waals surface area contributed by atoms with Gasteiger partial charge in [0.1, 0.15) is 0 Å². The molecule has 1 aliphatic carbocycles. The van der Waals surface area contributed by atoms with Gasteiger partial charge in [0, 0.05) is 43.2 Å². The summed E-state index contributed by atoms with van der Waals surface area (Å²) < 4.78 is 2.53. The molecule has 8 rings (SSSR count). The standard InChI is InChI=1S/C40H29N3S/c1-3-10-27(11-4-1)29-18-20-30(21-19-29)32-23-22-31(28-12-5-2-6-13-28)26-37(32)43-40-41-25-24-36(42-40)35-16-9-15-34-33-14-7-8-17-38(33)44-39(34)35/h2-3,5-26H,1,4H2,(H,41,42,43). The monoisotopic (exact) mass is 583 g/mol. The number of nitrogens with zero attached hydrogens (tertiary/aromatic N) is 2. The Labute approximate surface area is 260 Å². The van der Waals surface area contributed by atoms with E-state index >= 15 is 0 Å². The molecule has 5 aromatic carbocycles. The first-order valence-electron chi connectivity index (χ1n) is 15.0. The van der Waals surface area contributed by atoms with E-state index in [1.807, 2.05) is 29.7 Å². The van der Waals surface area contributed by atoms with Crippen molar-refractivity contribution in [2.75, 3.05) is 5.32 Å². The van der Waals surface area contributed by atoms with E-state index in [4.69, 9.17) is 4.98 Å². The highest BCUT2D eigenvalue weighted by atomic mass is 32.1. The molecule has 0 saturated heterocycles. The van der Waals surface area contributed by atoms with Crippen LogP contribution in [0.15, 0.2) is 146 Å². The second-order valence-corrected chi connectivity index (χ2v) is 12.1. The number of fused-ring (bicyclic) bond motifs is 3. The van der Waals surface area contributed by atoms with Gasteiger partial charge in [-0.1, -0.05) is 121 Å². The Morgan fingerprint density at radius 1 is 0.614 bits per heavy atom. The van der Waals surface area contributed by atoms with Gasteiger partial charge >= 0.3 is 0 Å². The van der Waals surface area contributed by atoms with Gasteiger partial charge in [0.2, 0.25) is 5.95 Å². The number of anilines is 2. The molecule has 2 aromatic heterocycles. The molecule has 0 bridgehead atoms. The van der Waals surface area contributed by atoms with Gasteiger partial charge in [-0.15, -0.1) is 11.3 Å². The lowest BCUT2D eigenvalue weighted by molar-refractivity contribution is 1.04. The Bertz CT molecular complexity index is 2190.